The highest BCUT2D eigenvalue weighted by Crippen LogP contribution is 2.09. The lowest BCUT2D eigenvalue weighted by molar-refractivity contribution is -0.141. The summed E-state index contributed by atoms with van der Waals surface area (Å²) in [5.41, 5.74) is 0. The molecule has 0 aliphatic carbocycles. The second-order valence-corrected chi connectivity index (χ2v) is 3.26. The Morgan fingerprint density at radius 3 is 3.08 bits per heavy atom. The number of methoxy groups -OCH3 is 1. The van der Waals surface area contributed by atoms with Crippen molar-refractivity contribution in [2.24, 2.45) is 0 Å². The predicted molar refractivity (Wildman–Crippen MR) is 47.3 cm³/mol. The van der Waals surface area contributed by atoms with E-state index in [-0.39, 0.29) is 17.8 Å². The summed E-state index contributed by atoms with van der Waals surface area (Å²) in [6, 6.07) is 0.167. The summed E-state index contributed by atoms with van der Waals surface area (Å²) in [6.45, 7) is 0.741. The molecule has 1 atom stereocenters. The minimum absolute atomic E-state index is 0.167. The maximum absolute atomic E-state index is 11.0. The van der Waals surface area contributed by atoms with Crippen LogP contribution in [0.4, 0.5) is 0 Å². The van der Waals surface area contributed by atoms with Crippen LogP contribution >= 0.6 is 0 Å². The molecule has 1 rings (SSSR count). The zero-order chi connectivity index (χ0) is 9.68. The van der Waals surface area contributed by atoms with Crippen molar-refractivity contribution in [2.75, 3.05) is 13.7 Å². The molecule has 0 saturated carbocycles. The molecule has 1 fully saturated rings. The van der Waals surface area contributed by atoms with E-state index in [0.29, 0.717) is 25.7 Å². The van der Waals surface area contributed by atoms with Gasteiger partial charge in [0.05, 0.1) is 7.11 Å². The van der Waals surface area contributed by atoms with Gasteiger partial charge in [-0.3, -0.25) is 9.59 Å². The van der Waals surface area contributed by atoms with Crippen molar-refractivity contribution < 1.29 is 14.3 Å². The van der Waals surface area contributed by atoms with E-state index < -0.39 is 0 Å². The maximum Gasteiger partial charge on any atom is 0.305 e. The number of piperidine rings is 1. The van der Waals surface area contributed by atoms with Crippen LogP contribution in [0.15, 0.2) is 0 Å². The summed E-state index contributed by atoms with van der Waals surface area (Å²) in [5.74, 6) is 0.0773. The zero-order valence-electron chi connectivity index (χ0n) is 7.84. The smallest absolute Gasteiger partial charge is 0.305 e. The molecule has 4 nitrogen and oxygen atoms in total. The highest BCUT2D eigenvalue weighted by molar-refractivity contribution is 5.80. The molecule has 0 amide bonds. The number of nitrogens with one attached hydrogen (secondary N) is 1. The summed E-state index contributed by atoms with van der Waals surface area (Å²) in [6.07, 6.45) is 2.26. The Morgan fingerprint density at radius 2 is 2.46 bits per heavy atom. The zero-order valence-corrected chi connectivity index (χ0v) is 7.84. The number of rotatable bonds is 3. The van der Waals surface area contributed by atoms with Crippen molar-refractivity contribution in [3.8, 4) is 0 Å². The first kappa shape index (κ1) is 10.2. The monoisotopic (exact) mass is 185 g/mol. The van der Waals surface area contributed by atoms with Gasteiger partial charge in [-0.2, -0.15) is 0 Å². The number of Topliss-reactive ketones (excluding diaryl/α,β-unsaturated/α-hetero) is 1. The number of carbonyl (C=O) groups is 2. The molecular formula is C9H15NO3. The van der Waals surface area contributed by atoms with Gasteiger partial charge in [0.15, 0.2) is 0 Å². The molecule has 0 spiro atoms. The van der Waals surface area contributed by atoms with Crippen molar-refractivity contribution >= 4 is 11.8 Å². The summed E-state index contributed by atoms with van der Waals surface area (Å²) >= 11 is 0. The van der Waals surface area contributed by atoms with E-state index in [0.717, 1.165) is 6.54 Å². The topological polar surface area (TPSA) is 55.4 Å². The number of hydrogen-bond donors (Lipinski definition) is 1. The van der Waals surface area contributed by atoms with Gasteiger partial charge in [-0.05, 0) is 6.42 Å². The molecule has 0 aromatic rings. The fraction of sp³-hybridized carbons (Fsp3) is 0.778. The van der Waals surface area contributed by atoms with Gasteiger partial charge in [-0.25, -0.2) is 0 Å². The van der Waals surface area contributed by atoms with Crippen molar-refractivity contribution in [3.05, 3.63) is 0 Å². The van der Waals surface area contributed by atoms with Crippen LogP contribution in [0.3, 0.4) is 0 Å². The Morgan fingerprint density at radius 1 is 1.69 bits per heavy atom. The van der Waals surface area contributed by atoms with Crippen LogP contribution < -0.4 is 5.32 Å². The van der Waals surface area contributed by atoms with Gasteiger partial charge in [0.2, 0.25) is 0 Å². The summed E-state index contributed by atoms with van der Waals surface area (Å²) in [7, 11) is 1.38. The Balaban J connectivity index is 2.20. The van der Waals surface area contributed by atoms with Crippen LogP contribution in [-0.2, 0) is 14.3 Å². The van der Waals surface area contributed by atoms with Gasteiger partial charge in [-0.1, -0.05) is 0 Å². The standard InChI is InChI=1S/C9H15NO3/c1-13-9(12)3-2-7-6-8(11)4-5-10-7/h7,10H,2-6H2,1H3. The molecule has 4 heteroatoms. The maximum atomic E-state index is 11.0. The normalized spacial score (nSPS) is 22.8. The lowest BCUT2D eigenvalue weighted by Gasteiger charge is -2.21. The molecule has 1 aliphatic rings. The van der Waals surface area contributed by atoms with Crippen LogP contribution in [0.2, 0.25) is 0 Å². The molecule has 1 aliphatic heterocycles. The first-order valence-electron chi connectivity index (χ1n) is 4.54. The van der Waals surface area contributed by atoms with E-state index >= 15 is 0 Å². The first-order valence-corrected chi connectivity index (χ1v) is 4.54. The average molecular weight is 185 g/mol. The fourth-order valence-corrected chi connectivity index (χ4v) is 1.46. The number of carbonyl (C=O) groups excluding carboxylic acids is 2. The van der Waals surface area contributed by atoms with Gasteiger partial charge >= 0.3 is 5.97 Å². The number of ether oxygens (including phenoxy) is 1. The van der Waals surface area contributed by atoms with Crippen LogP contribution in [0.25, 0.3) is 0 Å². The number of hydrogen-bond acceptors (Lipinski definition) is 4. The van der Waals surface area contributed by atoms with E-state index in [1.807, 2.05) is 0 Å². The van der Waals surface area contributed by atoms with Crippen molar-refractivity contribution in [2.45, 2.75) is 31.7 Å². The van der Waals surface area contributed by atoms with Crippen LogP contribution in [0, 0.1) is 0 Å². The molecule has 0 aromatic carbocycles. The number of esters is 1. The molecule has 1 N–H and O–H groups in total. The van der Waals surface area contributed by atoms with E-state index in [1.165, 1.54) is 7.11 Å². The molecule has 0 radical (unpaired) electrons. The highest BCUT2D eigenvalue weighted by atomic mass is 16.5. The molecule has 74 valence electrons. The quantitative estimate of drug-likeness (QED) is 0.641. The Kier molecular flexibility index (Phi) is 3.89. The van der Waals surface area contributed by atoms with E-state index in [1.54, 1.807) is 0 Å². The van der Waals surface area contributed by atoms with Gasteiger partial charge in [0.25, 0.3) is 0 Å². The third kappa shape index (κ3) is 3.55. The average Bonchev–Trinajstić information content (AvgIpc) is 2.14. The first-order chi connectivity index (χ1) is 6.22. The molecule has 0 bridgehead atoms. The Labute approximate surface area is 77.6 Å². The second-order valence-electron chi connectivity index (χ2n) is 3.26. The lowest BCUT2D eigenvalue weighted by Crippen LogP contribution is -2.38. The van der Waals surface area contributed by atoms with Gasteiger partial charge in [0, 0.05) is 31.8 Å². The number of ketones is 1. The van der Waals surface area contributed by atoms with Crippen LogP contribution in [0.1, 0.15) is 25.7 Å². The molecule has 1 unspecified atom stereocenters. The van der Waals surface area contributed by atoms with E-state index in [9.17, 15) is 9.59 Å². The van der Waals surface area contributed by atoms with Crippen molar-refractivity contribution in [1.82, 2.24) is 5.32 Å². The third-order valence-corrected chi connectivity index (χ3v) is 2.24. The largest absolute Gasteiger partial charge is 0.469 e. The second kappa shape index (κ2) is 4.97. The molecule has 0 aromatic heterocycles. The Bertz CT molecular complexity index is 203. The molecule has 1 heterocycles. The Hall–Kier alpha value is -0.900. The van der Waals surface area contributed by atoms with Crippen LogP contribution in [-0.4, -0.2) is 31.4 Å². The highest BCUT2D eigenvalue weighted by Gasteiger charge is 2.19. The van der Waals surface area contributed by atoms with E-state index in [2.05, 4.69) is 10.1 Å². The van der Waals surface area contributed by atoms with Gasteiger partial charge < -0.3 is 10.1 Å². The molecule has 13 heavy (non-hydrogen) atoms. The fourth-order valence-electron chi connectivity index (χ4n) is 1.46. The van der Waals surface area contributed by atoms with Crippen molar-refractivity contribution in [1.29, 1.82) is 0 Å². The summed E-state index contributed by atoms with van der Waals surface area (Å²) in [5, 5.41) is 3.20. The summed E-state index contributed by atoms with van der Waals surface area (Å²) < 4.78 is 4.52. The predicted octanol–water partition coefficient (Wildman–Crippen LogP) is 0.261. The minimum Gasteiger partial charge on any atom is -0.469 e. The van der Waals surface area contributed by atoms with Crippen LogP contribution in [0.5, 0.6) is 0 Å². The van der Waals surface area contributed by atoms with Gasteiger partial charge in [-0.15, -0.1) is 0 Å². The molecular weight excluding hydrogens is 170 g/mol. The minimum atomic E-state index is -0.208. The summed E-state index contributed by atoms with van der Waals surface area (Å²) in [4.78, 5) is 21.8. The lowest BCUT2D eigenvalue weighted by atomic mass is 9.99. The third-order valence-electron chi connectivity index (χ3n) is 2.24. The van der Waals surface area contributed by atoms with Crippen molar-refractivity contribution in [3.63, 3.8) is 0 Å². The SMILES string of the molecule is COC(=O)CCC1CC(=O)CCN1. The van der Waals surface area contributed by atoms with Gasteiger partial charge in [0.1, 0.15) is 5.78 Å². The van der Waals surface area contributed by atoms with E-state index in [4.69, 9.17) is 0 Å². The molecule has 1 saturated heterocycles.